The van der Waals surface area contributed by atoms with Crippen LogP contribution in [0, 0.1) is 5.82 Å². The Bertz CT molecular complexity index is 387. The van der Waals surface area contributed by atoms with Gasteiger partial charge in [-0.2, -0.15) is 0 Å². The van der Waals surface area contributed by atoms with E-state index in [1.165, 1.54) is 12.1 Å². The summed E-state index contributed by atoms with van der Waals surface area (Å²) in [5, 5.41) is 9.79. The zero-order valence-corrected chi connectivity index (χ0v) is 9.53. The van der Waals surface area contributed by atoms with Crippen molar-refractivity contribution in [2.45, 2.75) is 19.4 Å². The van der Waals surface area contributed by atoms with Crippen LogP contribution in [0.15, 0.2) is 18.2 Å². The Kier molecular flexibility index (Phi) is 2.76. The molecule has 0 aliphatic carbocycles. The first-order chi connectivity index (χ1) is 7.46. The first kappa shape index (κ1) is 11.2. The Morgan fingerprint density at radius 3 is 2.94 bits per heavy atom. The number of benzene rings is 1. The van der Waals surface area contributed by atoms with Gasteiger partial charge in [-0.3, -0.25) is 0 Å². The van der Waals surface area contributed by atoms with E-state index in [-0.39, 0.29) is 5.82 Å². The van der Waals surface area contributed by atoms with Gasteiger partial charge in [0.05, 0.1) is 17.8 Å². The largest absolute Gasteiger partial charge is 0.489 e. The lowest BCUT2D eigenvalue weighted by molar-refractivity contribution is 0.0855. The predicted molar refractivity (Wildman–Crippen MR) is 60.4 cm³/mol. The molecule has 0 atom stereocenters. The summed E-state index contributed by atoms with van der Waals surface area (Å²) >= 11 is 0. The predicted octanol–water partition coefficient (Wildman–Crippen LogP) is 1.80. The van der Waals surface area contributed by atoms with E-state index in [0.29, 0.717) is 25.4 Å². The van der Waals surface area contributed by atoms with E-state index >= 15 is 0 Å². The Morgan fingerprint density at radius 1 is 1.50 bits per heavy atom. The normalized spacial score (nSPS) is 15.6. The Morgan fingerprint density at radius 2 is 2.25 bits per heavy atom. The molecule has 4 heteroatoms. The molecule has 0 saturated heterocycles. The van der Waals surface area contributed by atoms with Crippen LogP contribution in [0.2, 0.25) is 0 Å². The Hall–Kier alpha value is -1.29. The van der Waals surface area contributed by atoms with Gasteiger partial charge in [-0.05, 0) is 26.0 Å². The van der Waals surface area contributed by atoms with Gasteiger partial charge in [0.25, 0.3) is 0 Å². The number of hydrogen-bond acceptors (Lipinski definition) is 3. The highest BCUT2D eigenvalue weighted by atomic mass is 19.1. The summed E-state index contributed by atoms with van der Waals surface area (Å²) in [5.74, 6) is 0.249. The minimum atomic E-state index is -0.775. The Balaban J connectivity index is 2.26. The maximum Gasteiger partial charge on any atom is 0.145 e. The fourth-order valence-corrected chi connectivity index (χ4v) is 1.88. The lowest BCUT2D eigenvalue weighted by Gasteiger charge is -2.35. The summed E-state index contributed by atoms with van der Waals surface area (Å²) in [6, 6.07) is 4.48. The lowest BCUT2D eigenvalue weighted by Crippen LogP contribution is -2.42. The molecule has 1 aliphatic heterocycles. The van der Waals surface area contributed by atoms with Crippen molar-refractivity contribution in [3.8, 4) is 5.75 Å². The number of anilines is 1. The van der Waals surface area contributed by atoms with Gasteiger partial charge in [-0.15, -0.1) is 0 Å². The quantitative estimate of drug-likeness (QED) is 0.833. The van der Waals surface area contributed by atoms with Crippen LogP contribution in [0.3, 0.4) is 0 Å². The van der Waals surface area contributed by atoms with E-state index in [9.17, 15) is 9.50 Å². The molecule has 16 heavy (non-hydrogen) atoms. The smallest absolute Gasteiger partial charge is 0.145 e. The molecule has 3 nitrogen and oxygen atoms in total. The topological polar surface area (TPSA) is 32.7 Å². The summed E-state index contributed by atoms with van der Waals surface area (Å²) < 4.78 is 18.4. The third kappa shape index (κ3) is 2.44. The highest BCUT2D eigenvalue weighted by Gasteiger charge is 2.24. The standard InChI is InChI=1S/C12H16FNO2/c1-12(2,15)8-14-5-6-16-11-7-9(13)3-4-10(11)14/h3-4,7,15H,5-6,8H2,1-2H3. The highest BCUT2D eigenvalue weighted by molar-refractivity contribution is 5.60. The molecule has 0 amide bonds. The molecule has 1 heterocycles. The van der Waals surface area contributed by atoms with E-state index in [0.717, 1.165) is 5.69 Å². The van der Waals surface area contributed by atoms with Crippen LogP contribution in [0.4, 0.5) is 10.1 Å². The van der Waals surface area contributed by atoms with E-state index < -0.39 is 5.60 Å². The molecule has 1 aromatic carbocycles. The van der Waals surface area contributed by atoms with Crippen molar-refractivity contribution in [2.24, 2.45) is 0 Å². The molecule has 0 radical (unpaired) electrons. The van der Waals surface area contributed by atoms with Gasteiger partial charge >= 0.3 is 0 Å². The third-order valence-corrected chi connectivity index (χ3v) is 2.46. The minimum absolute atomic E-state index is 0.302. The maximum absolute atomic E-state index is 13.0. The minimum Gasteiger partial charge on any atom is -0.489 e. The molecule has 0 unspecified atom stereocenters. The van der Waals surface area contributed by atoms with Crippen LogP contribution in [0.25, 0.3) is 0 Å². The molecule has 0 bridgehead atoms. The fraction of sp³-hybridized carbons (Fsp3) is 0.500. The molecule has 1 aromatic rings. The molecule has 0 aromatic heterocycles. The summed E-state index contributed by atoms with van der Waals surface area (Å²) in [6.07, 6.45) is 0. The van der Waals surface area contributed by atoms with Crippen molar-refractivity contribution in [3.63, 3.8) is 0 Å². The molecule has 2 rings (SSSR count). The average Bonchev–Trinajstić information content (AvgIpc) is 2.15. The van der Waals surface area contributed by atoms with Gasteiger partial charge in [0.1, 0.15) is 18.2 Å². The van der Waals surface area contributed by atoms with E-state index in [4.69, 9.17) is 4.74 Å². The summed E-state index contributed by atoms with van der Waals surface area (Å²) in [4.78, 5) is 2.01. The second kappa shape index (κ2) is 3.94. The number of β-amino-alcohol motifs (C(OH)–C–C–N with tert-alkyl or cyclic N) is 1. The van der Waals surface area contributed by atoms with Crippen LogP contribution in [0.5, 0.6) is 5.75 Å². The molecular weight excluding hydrogens is 209 g/mol. The SMILES string of the molecule is CC(C)(O)CN1CCOc2cc(F)ccc21. The van der Waals surface area contributed by atoms with Crippen LogP contribution in [-0.4, -0.2) is 30.4 Å². The monoisotopic (exact) mass is 225 g/mol. The second-order valence-corrected chi connectivity index (χ2v) is 4.69. The zero-order chi connectivity index (χ0) is 11.8. The van der Waals surface area contributed by atoms with Crippen LogP contribution in [-0.2, 0) is 0 Å². The van der Waals surface area contributed by atoms with Crippen molar-refractivity contribution in [1.82, 2.24) is 0 Å². The van der Waals surface area contributed by atoms with Crippen LogP contribution < -0.4 is 9.64 Å². The average molecular weight is 225 g/mol. The van der Waals surface area contributed by atoms with Gasteiger partial charge in [0, 0.05) is 12.6 Å². The number of rotatable bonds is 2. The van der Waals surface area contributed by atoms with E-state index in [1.807, 2.05) is 4.90 Å². The van der Waals surface area contributed by atoms with Crippen molar-refractivity contribution >= 4 is 5.69 Å². The van der Waals surface area contributed by atoms with Crippen LogP contribution in [0.1, 0.15) is 13.8 Å². The second-order valence-electron chi connectivity index (χ2n) is 4.69. The van der Waals surface area contributed by atoms with Gasteiger partial charge in [0.2, 0.25) is 0 Å². The van der Waals surface area contributed by atoms with Crippen LogP contribution >= 0.6 is 0 Å². The molecule has 1 N–H and O–H groups in total. The van der Waals surface area contributed by atoms with Crippen molar-refractivity contribution in [2.75, 3.05) is 24.6 Å². The number of fused-ring (bicyclic) bond motifs is 1. The van der Waals surface area contributed by atoms with Crippen molar-refractivity contribution in [1.29, 1.82) is 0 Å². The summed E-state index contributed by atoms with van der Waals surface area (Å²) in [5.41, 5.74) is 0.0676. The molecular formula is C12H16FNO2. The Labute approximate surface area is 94.4 Å². The zero-order valence-electron chi connectivity index (χ0n) is 9.53. The molecule has 1 aliphatic rings. The number of aliphatic hydroxyl groups is 1. The van der Waals surface area contributed by atoms with Gasteiger partial charge in [-0.25, -0.2) is 4.39 Å². The third-order valence-electron chi connectivity index (χ3n) is 2.46. The first-order valence-corrected chi connectivity index (χ1v) is 5.35. The maximum atomic E-state index is 13.0. The lowest BCUT2D eigenvalue weighted by atomic mass is 10.1. The van der Waals surface area contributed by atoms with Crippen molar-refractivity contribution in [3.05, 3.63) is 24.0 Å². The van der Waals surface area contributed by atoms with Gasteiger partial charge in [0.15, 0.2) is 0 Å². The molecule has 0 saturated carbocycles. The first-order valence-electron chi connectivity index (χ1n) is 5.35. The highest BCUT2D eigenvalue weighted by Crippen LogP contribution is 2.32. The molecule has 0 spiro atoms. The summed E-state index contributed by atoms with van der Waals surface area (Å²) in [7, 11) is 0. The number of ether oxygens (including phenoxy) is 1. The molecule has 0 fully saturated rings. The van der Waals surface area contributed by atoms with Crippen molar-refractivity contribution < 1.29 is 14.2 Å². The van der Waals surface area contributed by atoms with E-state index in [2.05, 4.69) is 0 Å². The van der Waals surface area contributed by atoms with E-state index in [1.54, 1.807) is 19.9 Å². The van der Waals surface area contributed by atoms with Gasteiger partial charge < -0.3 is 14.7 Å². The van der Waals surface area contributed by atoms with Gasteiger partial charge in [-0.1, -0.05) is 0 Å². The molecule has 88 valence electrons. The number of halogens is 1. The number of hydrogen-bond donors (Lipinski definition) is 1. The fourth-order valence-electron chi connectivity index (χ4n) is 1.88. The number of nitrogens with zero attached hydrogens (tertiary/aromatic N) is 1. The summed E-state index contributed by atoms with van der Waals surface area (Å²) in [6.45, 7) is 5.25.